The van der Waals surface area contributed by atoms with Crippen LogP contribution in [0.3, 0.4) is 0 Å². The van der Waals surface area contributed by atoms with Crippen molar-refractivity contribution >= 4 is 12.3 Å². The van der Waals surface area contributed by atoms with Crippen molar-refractivity contribution in [3.63, 3.8) is 0 Å². The zero-order chi connectivity index (χ0) is 19.0. The van der Waals surface area contributed by atoms with E-state index in [2.05, 4.69) is 6.92 Å². The largest absolute Gasteiger partial charge is 0.493 e. The maximum atomic E-state index is 11.9. The highest BCUT2D eigenvalue weighted by atomic mass is 16.6. The zero-order valence-electron chi connectivity index (χ0n) is 16.4. The van der Waals surface area contributed by atoms with Crippen molar-refractivity contribution in [3.05, 3.63) is 23.8 Å². The number of unbranched alkanes of at least 4 members (excludes halogenated alkanes) is 10. The van der Waals surface area contributed by atoms with E-state index in [1.807, 2.05) is 0 Å². The molecule has 0 N–H and O–H groups in total. The number of hydrogen-bond acceptors (Lipinski definition) is 4. The van der Waals surface area contributed by atoms with Crippen LogP contribution in [0.4, 0.5) is 0 Å². The summed E-state index contributed by atoms with van der Waals surface area (Å²) in [6.07, 6.45) is 14.9. The SMILES string of the molecule is CCCCCCCCCCCCCC(=O)Oc1ccc(C=O)cc1OC. The summed E-state index contributed by atoms with van der Waals surface area (Å²) >= 11 is 0. The van der Waals surface area contributed by atoms with Crippen molar-refractivity contribution in [3.8, 4) is 11.5 Å². The van der Waals surface area contributed by atoms with Crippen LogP contribution >= 0.6 is 0 Å². The molecule has 1 aromatic carbocycles. The van der Waals surface area contributed by atoms with Gasteiger partial charge in [0.25, 0.3) is 0 Å². The quantitative estimate of drug-likeness (QED) is 0.163. The van der Waals surface area contributed by atoms with Crippen LogP contribution in [0.25, 0.3) is 0 Å². The van der Waals surface area contributed by atoms with Crippen LogP contribution in [-0.4, -0.2) is 19.4 Å². The number of aldehydes is 1. The van der Waals surface area contributed by atoms with Crippen LogP contribution in [0.2, 0.25) is 0 Å². The van der Waals surface area contributed by atoms with E-state index in [0.717, 1.165) is 19.1 Å². The van der Waals surface area contributed by atoms with Gasteiger partial charge in [0.2, 0.25) is 0 Å². The second-order valence-electron chi connectivity index (χ2n) is 6.79. The van der Waals surface area contributed by atoms with E-state index in [1.165, 1.54) is 64.9 Å². The summed E-state index contributed by atoms with van der Waals surface area (Å²) in [6.45, 7) is 2.25. The minimum absolute atomic E-state index is 0.252. The Morgan fingerprint density at radius 2 is 1.46 bits per heavy atom. The van der Waals surface area contributed by atoms with Gasteiger partial charge in [-0.3, -0.25) is 9.59 Å². The Morgan fingerprint density at radius 3 is 2.00 bits per heavy atom. The van der Waals surface area contributed by atoms with E-state index < -0.39 is 0 Å². The topological polar surface area (TPSA) is 52.6 Å². The molecule has 1 rings (SSSR count). The van der Waals surface area contributed by atoms with Crippen LogP contribution in [0.1, 0.15) is 94.3 Å². The fourth-order valence-electron chi connectivity index (χ4n) is 2.95. The van der Waals surface area contributed by atoms with Gasteiger partial charge in [-0.1, -0.05) is 71.1 Å². The number of hydrogen-bond donors (Lipinski definition) is 0. The molecule has 0 unspecified atom stereocenters. The van der Waals surface area contributed by atoms with Gasteiger partial charge < -0.3 is 9.47 Å². The normalized spacial score (nSPS) is 10.5. The van der Waals surface area contributed by atoms with Gasteiger partial charge in [0.1, 0.15) is 6.29 Å². The lowest BCUT2D eigenvalue weighted by Gasteiger charge is -2.09. The predicted molar refractivity (Wildman–Crippen MR) is 105 cm³/mol. The Bertz CT molecular complexity index is 525. The molecule has 0 fully saturated rings. The van der Waals surface area contributed by atoms with Crippen molar-refractivity contribution in [2.75, 3.05) is 7.11 Å². The summed E-state index contributed by atoms with van der Waals surface area (Å²) in [5.74, 6) is 0.520. The number of esters is 1. The molecule has 0 radical (unpaired) electrons. The lowest BCUT2D eigenvalue weighted by Crippen LogP contribution is -2.08. The highest BCUT2D eigenvalue weighted by Crippen LogP contribution is 2.28. The van der Waals surface area contributed by atoms with E-state index in [1.54, 1.807) is 18.2 Å². The third-order valence-corrected chi connectivity index (χ3v) is 4.53. The molecule has 0 bridgehead atoms. The van der Waals surface area contributed by atoms with Crippen LogP contribution in [0.15, 0.2) is 18.2 Å². The highest BCUT2D eigenvalue weighted by molar-refractivity contribution is 5.78. The molecule has 0 amide bonds. The first-order valence-corrected chi connectivity index (χ1v) is 10.0. The van der Waals surface area contributed by atoms with E-state index in [9.17, 15) is 9.59 Å². The van der Waals surface area contributed by atoms with E-state index in [4.69, 9.17) is 9.47 Å². The smallest absolute Gasteiger partial charge is 0.311 e. The fraction of sp³-hybridized carbons (Fsp3) is 0.636. The summed E-state index contributed by atoms with van der Waals surface area (Å²) in [6, 6.07) is 4.78. The molecule has 4 nitrogen and oxygen atoms in total. The van der Waals surface area contributed by atoms with E-state index in [-0.39, 0.29) is 5.97 Å². The average Bonchev–Trinajstić information content (AvgIpc) is 2.66. The van der Waals surface area contributed by atoms with Gasteiger partial charge in [-0.25, -0.2) is 0 Å². The Balaban J connectivity index is 2.09. The number of methoxy groups -OCH3 is 1. The van der Waals surface area contributed by atoms with Crippen molar-refractivity contribution in [2.45, 2.75) is 84.0 Å². The van der Waals surface area contributed by atoms with Crippen LogP contribution < -0.4 is 9.47 Å². The average molecular weight is 363 g/mol. The van der Waals surface area contributed by atoms with Gasteiger partial charge in [0, 0.05) is 12.0 Å². The number of benzene rings is 1. The minimum Gasteiger partial charge on any atom is -0.493 e. The lowest BCUT2D eigenvalue weighted by atomic mass is 10.1. The van der Waals surface area contributed by atoms with Gasteiger partial charge in [-0.05, 0) is 24.6 Å². The molecule has 0 saturated heterocycles. The molecule has 0 saturated carbocycles. The number of rotatable bonds is 15. The standard InChI is InChI=1S/C22H34O4/c1-3-4-5-6-7-8-9-10-11-12-13-14-22(24)26-20-16-15-19(18-23)17-21(20)25-2/h15-18H,3-14H2,1-2H3. The Hall–Kier alpha value is -1.84. The first-order chi connectivity index (χ1) is 12.7. The summed E-state index contributed by atoms with van der Waals surface area (Å²) in [5.41, 5.74) is 0.493. The van der Waals surface area contributed by atoms with Crippen molar-refractivity contribution in [1.29, 1.82) is 0 Å². The van der Waals surface area contributed by atoms with Gasteiger partial charge in [0.15, 0.2) is 11.5 Å². The molecule has 0 heterocycles. The molecule has 0 atom stereocenters. The molecule has 4 heteroatoms. The summed E-state index contributed by atoms with van der Waals surface area (Å²) < 4.78 is 10.5. The second-order valence-corrected chi connectivity index (χ2v) is 6.79. The van der Waals surface area contributed by atoms with Gasteiger partial charge in [-0.15, -0.1) is 0 Å². The van der Waals surface area contributed by atoms with E-state index >= 15 is 0 Å². The first kappa shape index (κ1) is 22.2. The van der Waals surface area contributed by atoms with Gasteiger partial charge >= 0.3 is 5.97 Å². The zero-order valence-corrected chi connectivity index (χ0v) is 16.4. The molecule has 26 heavy (non-hydrogen) atoms. The molecular weight excluding hydrogens is 328 g/mol. The molecule has 1 aromatic rings. The minimum atomic E-state index is -0.252. The Kier molecular flexibility index (Phi) is 12.2. The van der Waals surface area contributed by atoms with Gasteiger partial charge in [0.05, 0.1) is 7.11 Å². The van der Waals surface area contributed by atoms with Crippen LogP contribution in [0, 0.1) is 0 Å². The van der Waals surface area contributed by atoms with Crippen LogP contribution in [0.5, 0.6) is 11.5 Å². The summed E-state index contributed by atoms with van der Waals surface area (Å²) in [5, 5.41) is 0. The molecule has 0 spiro atoms. The van der Waals surface area contributed by atoms with Crippen LogP contribution in [-0.2, 0) is 4.79 Å². The maximum Gasteiger partial charge on any atom is 0.311 e. The monoisotopic (exact) mass is 362 g/mol. The molecule has 0 aliphatic heterocycles. The van der Waals surface area contributed by atoms with Crippen molar-refractivity contribution in [1.82, 2.24) is 0 Å². The highest BCUT2D eigenvalue weighted by Gasteiger charge is 2.10. The Morgan fingerprint density at radius 1 is 0.885 bits per heavy atom. The Labute approximate surface area is 158 Å². The summed E-state index contributed by atoms with van der Waals surface area (Å²) in [4.78, 5) is 22.7. The van der Waals surface area contributed by atoms with Crippen molar-refractivity contribution in [2.24, 2.45) is 0 Å². The third-order valence-electron chi connectivity index (χ3n) is 4.53. The number of ether oxygens (including phenoxy) is 2. The van der Waals surface area contributed by atoms with Crippen molar-refractivity contribution < 1.29 is 19.1 Å². The van der Waals surface area contributed by atoms with Gasteiger partial charge in [-0.2, -0.15) is 0 Å². The maximum absolute atomic E-state index is 11.9. The summed E-state index contributed by atoms with van der Waals surface area (Å²) in [7, 11) is 1.49. The molecule has 0 aromatic heterocycles. The predicted octanol–water partition coefficient (Wildman–Crippen LogP) is 6.11. The number of carbonyl (C=O) groups is 2. The molecule has 0 aliphatic carbocycles. The number of carbonyl (C=O) groups excluding carboxylic acids is 2. The molecule has 146 valence electrons. The third kappa shape index (κ3) is 9.59. The molecule has 0 aliphatic rings. The fourth-order valence-corrected chi connectivity index (χ4v) is 2.95. The molecular formula is C22H34O4. The van der Waals surface area contributed by atoms with E-state index in [0.29, 0.717) is 23.5 Å². The second kappa shape index (κ2) is 14.3. The lowest BCUT2D eigenvalue weighted by molar-refractivity contribution is -0.134. The first-order valence-electron chi connectivity index (χ1n) is 10.0.